The zero-order chi connectivity index (χ0) is 20.7. The van der Waals surface area contributed by atoms with E-state index in [1.165, 1.54) is 50.9 Å². The van der Waals surface area contributed by atoms with E-state index in [-0.39, 0.29) is 0 Å². The van der Waals surface area contributed by atoms with E-state index in [0.717, 1.165) is 36.5 Å². The topological polar surface area (TPSA) is 44.3 Å². The van der Waals surface area contributed by atoms with Crippen molar-refractivity contribution >= 4 is 22.5 Å². The largest absolute Gasteiger partial charge is 0.385 e. The smallest absolute Gasteiger partial charge is 0.147 e. The average Bonchev–Trinajstić information content (AvgIpc) is 2.85. The van der Waals surface area contributed by atoms with Crippen LogP contribution in [-0.2, 0) is 5.41 Å². The van der Waals surface area contributed by atoms with E-state index < -0.39 is 0 Å². The van der Waals surface area contributed by atoms with Gasteiger partial charge < -0.3 is 15.1 Å². The van der Waals surface area contributed by atoms with Crippen LogP contribution in [0.25, 0.3) is 11.0 Å². The van der Waals surface area contributed by atoms with Crippen LogP contribution >= 0.6 is 0 Å². The highest BCUT2D eigenvalue weighted by molar-refractivity contribution is 5.75. The minimum atomic E-state index is 0.389. The van der Waals surface area contributed by atoms with Crippen LogP contribution < -0.4 is 10.2 Å². The first-order valence-corrected chi connectivity index (χ1v) is 11.8. The van der Waals surface area contributed by atoms with Crippen molar-refractivity contribution in [1.82, 2.24) is 14.9 Å². The number of anilines is 2. The van der Waals surface area contributed by atoms with E-state index in [1.807, 2.05) is 24.4 Å². The lowest BCUT2D eigenvalue weighted by molar-refractivity contribution is 0.0960. The molecule has 5 nitrogen and oxygen atoms in total. The molecule has 1 N–H and O–H groups in total. The minimum absolute atomic E-state index is 0.389. The van der Waals surface area contributed by atoms with Gasteiger partial charge in [0.05, 0.1) is 17.2 Å². The van der Waals surface area contributed by atoms with E-state index in [0.29, 0.717) is 11.5 Å². The molecule has 1 spiro atoms. The second-order valence-corrected chi connectivity index (χ2v) is 9.47. The van der Waals surface area contributed by atoms with Crippen LogP contribution in [0, 0.1) is 0 Å². The molecule has 5 heteroatoms. The van der Waals surface area contributed by atoms with Gasteiger partial charge in [-0.25, -0.2) is 4.98 Å². The number of hydrogen-bond donors (Lipinski definition) is 1. The maximum Gasteiger partial charge on any atom is 0.147 e. The van der Waals surface area contributed by atoms with Crippen molar-refractivity contribution in [2.45, 2.75) is 43.6 Å². The SMILES string of the molecule is c1ccc2c(c1)NCCC21CCN(C2CCN(c3cnc4ccccc4n3)CC2)CC1. The van der Waals surface area contributed by atoms with Gasteiger partial charge in [-0.1, -0.05) is 30.3 Å². The van der Waals surface area contributed by atoms with Gasteiger partial charge in [-0.05, 0) is 69.0 Å². The highest BCUT2D eigenvalue weighted by atomic mass is 15.2. The van der Waals surface area contributed by atoms with E-state index in [4.69, 9.17) is 4.98 Å². The highest BCUT2D eigenvalue weighted by Crippen LogP contribution is 2.45. The van der Waals surface area contributed by atoms with E-state index in [9.17, 15) is 0 Å². The number of fused-ring (bicyclic) bond motifs is 3. The number of nitrogens with zero attached hydrogens (tertiary/aromatic N) is 4. The lowest BCUT2D eigenvalue weighted by Gasteiger charge is -2.48. The van der Waals surface area contributed by atoms with Gasteiger partial charge in [-0.3, -0.25) is 4.98 Å². The fourth-order valence-corrected chi connectivity index (χ4v) is 6.07. The maximum atomic E-state index is 4.86. The molecule has 4 heterocycles. The summed E-state index contributed by atoms with van der Waals surface area (Å²) in [5, 5.41) is 3.61. The first-order valence-electron chi connectivity index (χ1n) is 11.8. The zero-order valence-electron chi connectivity index (χ0n) is 18.1. The molecule has 0 atom stereocenters. The molecule has 2 fully saturated rings. The Morgan fingerprint density at radius 1 is 0.839 bits per heavy atom. The molecular formula is C26H31N5. The molecule has 6 rings (SSSR count). The zero-order valence-corrected chi connectivity index (χ0v) is 18.1. The summed E-state index contributed by atoms with van der Waals surface area (Å²) in [6.45, 7) is 5.73. The van der Waals surface area contributed by atoms with Crippen LogP contribution in [0.1, 0.15) is 37.7 Å². The number of para-hydroxylation sites is 3. The molecule has 1 aromatic heterocycles. The molecule has 3 aliphatic rings. The first kappa shape index (κ1) is 19.1. The lowest BCUT2D eigenvalue weighted by atomic mass is 9.68. The van der Waals surface area contributed by atoms with E-state index in [1.54, 1.807) is 5.56 Å². The van der Waals surface area contributed by atoms with E-state index >= 15 is 0 Å². The molecule has 0 unspecified atom stereocenters. The number of benzene rings is 2. The van der Waals surface area contributed by atoms with Gasteiger partial charge in [0.1, 0.15) is 5.82 Å². The average molecular weight is 414 g/mol. The third-order valence-corrected chi connectivity index (χ3v) is 7.91. The molecule has 31 heavy (non-hydrogen) atoms. The minimum Gasteiger partial charge on any atom is -0.385 e. The second kappa shape index (κ2) is 7.79. The Labute approximate surface area is 184 Å². The van der Waals surface area contributed by atoms with Gasteiger partial charge in [0.2, 0.25) is 0 Å². The van der Waals surface area contributed by atoms with Gasteiger partial charge in [0, 0.05) is 36.8 Å². The number of nitrogens with one attached hydrogen (secondary N) is 1. The summed E-state index contributed by atoms with van der Waals surface area (Å²) in [5.74, 6) is 1.03. The Morgan fingerprint density at radius 3 is 2.42 bits per heavy atom. The van der Waals surface area contributed by atoms with Crippen molar-refractivity contribution in [3.05, 3.63) is 60.3 Å². The molecule has 0 bridgehead atoms. The highest BCUT2D eigenvalue weighted by Gasteiger charge is 2.40. The normalized spacial score (nSPS) is 21.7. The number of likely N-dealkylation sites (tertiary alicyclic amines) is 1. The van der Waals surface area contributed by atoms with Crippen LogP contribution in [0.5, 0.6) is 0 Å². The quantitative estimate of drug-likeness (QED) is 0.673. The standard InChI is InChI=1S/C26H31N5/c1-2-6-22-21(5-1)26(11-14-27-22)12-17-30(18-13-26)20-9-15-31(16-10-20)25-19-28-23-7-3-4-8-24(23)29-25/h1-8,19-20,27H,9-18H2. The third-order valence-electron chi connectivity index (χ3n) is 7.91. The Morgan fingerprint density at radius 2 is 1.58 bits per heavy atom. The summed E-state index contributed by atoms with van der Waals surface area (Å²) in [6, 6.07) is 17.8. The molecule has 3 aromatic rings. The van der Waals surface area contributed by atoms with Crippen molar-refractivity contribution in [2.24, 2.45) is 0 Å². The Balaban J connectivity index is 1.09. The molecular weight excluding hydrogens is 382 g/mol. The third kappa shape index (κ3) is 3.45. The predicted octanol–water partition coefficient (Wildman–Crippen LogP) is 4.45. The van der Waals surface area contributed by atoms with Crippen LogP contribution in [-0.4, -0.2) is 53.6 Å². The molecule has 0 radical (unpaired) electrons. The van der Waals surface area contributed by atoms with Gasteiger partial charge >= 0.3 is 0 Å². The monoisotopic (exact) mass is 413 g/mol. The van der Waals surface area contributed by atoms with Gasteiger partial charge in [0.15, 0.2) is 0 Å². The summed E-state index contributed by atoms with van der Waals surface area (Å²) >= 11 is 0. The Kier molecular flexibility index (Phi) is 4.79. The van der Waals surface area contributed by atoms with Gasteiger partial charge in [-0.15, -0.1) is 0 Å². The first-order chi connectivity index (χ1) is 15.3. The lowest BCUT2D eigenvalue weighted by Crippen LogP contribution is -2.51. The molecule has 2 aromatic carbocycles. The molecule has 3 aliphatic heterocycles. The van der Waals surface area contributed by atoms with Gasteiger partial charge in [0.25, 0.3) is 0 Å². The number of rotatable bonds is 2. The maximum absolute atomic E-state index is 4.86. The van der Waals surface area contributed by atoms with Crippen molar-refractivity contribution in [1.29, 1.82) is 0 Å². The predicted molar refractivity (Wildman–Crippen MR) is 127 cm³/mol. The summed E-state index contributed by atoms with van der Waals surface area (Å²) in [6.07, 6.45) is 8.25. The fourth-order valence-electron chi connectivity index (χ4n) is 6.07. The van der Waals surface area contributed by atoms with Crippen molar-refractivity contribution in [3.8, 4) is 0 Å². The summed E-state index contributed by atoms with van der Waals surface area (Å²) in [7, 11) is 0. The van der Waals surface area contributed by atoms with Crippen LogP contribution in [0.3, 0.4) is 0 Å². The molecule has 160 valence electrons. The van der Waals surface area contributed by atoms with Gasteiger partial charge in [-0.2, -0.15) is 0 Å². The van der Waals surface area contributed by atoms with Crippen molar-refractivity contribution in [3.63, 3.8) is 0 Å². The Hall–Kier alpha value is -2.66. The number of piperidine rings is 2. The van der Waals surface area contributed by atoms with Crippen LogP contribution in [0.15, 0.2) is 54.7 Å². The fraction of sp³-hybridized carbons (Fsp3) is 0.462. The van der Waals surface area contributed by atoms with Crippen LogP contribution in [0.2, 0.25) is 0 Å². The van der Waals surface area contributed by atoms with Crippen molar-refractivity contribution in [2.75, 3.05) is 42.9 Å². The number of hydrogen-bond acceptors (Lipinski definition) is 5. The molecule has 0 aliphatic carbocycles. The molecule has 2 saturated heterocycles. The number of aromatic nitrogens is 2. The van der Waals surface area contributed by atoms with E-state index in [2.05, 4.69) is 50.4 Å². The Bertz CT molecular complexity index is 1060. The summed E-state index contributed by atoms with van der Waals surface area (Å²) < 4.78 is 0. The summed E-state index contributed by atoms with van der Waals surface area (Å²) in [4.78, 5) is 14.7. The second-order valence-electron chi connectivity index (χ2n) is 9.47. The molecule has 0 amide bonds. The molecule has 0 saturated carbocycles. The van der Waals surface area contributed by atoms with Crippen LogP contribution in [0.4, 0.5) is 11.5 Å². The summed E-state index contributed by atoms with van der Waals surface area (Å²) in [5.41, 5.74) is 5.28. The van der Waals surface area contributed by atoms with Crippen molar-refractivity contribution < 1.29 is 0 Å².